The minimum Gasteiger partial charge on any atom is -0.507 e. The van der Waals surface area contributed by atoms with Gasteiger partial charge in [0.1, 0.15) is 11.6 Å². The van der Waals surface area contributed by atoms with Crippen molar-refractivity contribution in [3.63, 3.8) is 0 Å². The van der Waals surface area contributed by atoms with Crippen molar-refractivity contribution in [1.29, 1.82) is 0 Å². The average molecular weight is 296 g/mol. The third kappa shape index (κ3) is 3.79. The van der Waals surface area contributed by atoms with Gasteiger partial charge in [-0.25, -0.2) is 4.98 Å². The van der Waals surface area contributed by atoms with E-state index in [9.17, 15) is 14.7 Å². The summed E-state index contributed by atoms with van der Waals surface area (Å²) in [4.78, 5) is 27.5. The van der Waals surface area contributed by atoms with Crippen molar-refractivity contribution in [3.8, 4) is 0 Å². The summed E-state index contributed by atoms with van der Waals surface area (Å²) in [6.07, 6.45) is 2.42. The average Bonchev–Trinajstić information content (AvgIpc) is 2.47. The van der Waals surface area contributed by atoms with Crippen LogP contribution >= 0.6 is 0 Å². The molecule has 0 aliphatic heterocycles. The number of aryl methyl sites for hydroxylation is 2. The van der Waals surface area contributed by atoms with Crippen molar-refractivity contribution >= 4 is 23.3 Å². The number of benzene rings is 1. The molecule has 1 aromatic heterocycles. The fourth-order valence-corrected chi connectivity index (χ4v) is 1.98. The molecule has 1 amide bonds. The first kappa shape index (κ1) is 15.4. The smallest absolute Gasteiger partial charge is 0.297 e. The van der Waals surface area contributed by atoms with Crippen LogP contribution in [0.25, 0.3) is 5.76 Å². The van der Waals surface area contributed by atoms with Crippen LogP contribution in [0.1, 0.15) is 16.7 Å². The maximum absolute atomic E-state index is 11.8. The predicted octanol–water partition coefficient (Wildman–Crippen LogP) is 2.81. The zero-order chi connectivity index (χ0) is 16.1. The van der Waals surface area contributed by atoms with E-state index in [0.717, 1.165) is 17.2 Å². The molecular weight excluding hydrogens is 280 g/mol. The molecule has 5 nitrogen and oxygen atoms in total. The van der Waals surface area contributed by atoms with E-state index >= 15 is 0 Å². The molecule has 0 saturated heterocycles. The van der Waals surface area contributed by atoms with Gasteiger partial charge in [-0.1, -0.05) is 29.8 Å². The lowest BCUT2D eigenvalue weighted by Crippen LogP contribution is -2.21. The molecule has 0 spiro atoms. The monoisotopic (exact) mass is 296 g/mol. The van der Waals surface area contributed by atoms with Crippen LogP contribution in [-0.2, 0) is 9.59 Å². The highest BCUT2D eigenvalue weighted by atomic mass is 16.3. The first-order valence-electron chi connectivity index (χ1n) is 6.72. The van der Waals surface area contributed by atoms with E-state index in [1.807, 2.05) is 26.0 Å². The van der Waals surface area contributed by atoms with Crippen LogP contribution in [0.2, 0.25) is 0 Å². The fraction of sp³-hybridized carbons (Fsp3) is 0.118. The van der Waals surface area contributed by atoms with Gasteiger partial charge in [0.15, 0.2) is 0 Å². The minimum absolute atomic E-state index is 0.237. The first-order chi connectivity index (χ1) is 10.5. The number of nitrogens with zero attached hydrogens (tertiary/aromatic N) is 1. The minimum atomic E-state index is -0.852. The number of aliphatic hydroxyl groups is 1. The molecule has 112 valence electrons. The highest BCUT2D eigenvalue weighted by Gasteiger charge is 2.14. The summed E-state index contributed by atoms with van der Waals surface area (Å²) in [5.74, 6) is -1.66. The lowest BCUT2D eigenvalue weighted by atomic mass is 10.0. The summed E-state index contributed by atoms with van der Waals surface area (Å²) in [7, 11) is 0. The summed E-state index contributed by atoms with van der Waals surface area (Å²) in [5, 5.41) is 12.4. The number of nitrogens with one attached hydrogen (secondary N) is 1. The Labute approximate surface area is 128 Å². The van der Waals surface area contributed by atoms with Crippen LogP contribution < -0.4 is 5.32 Å². The molecule has 2 N–H and O–H groups in total. The van der Waals surface area contributed by atoms with Crippen molar-refractivity contribution in [2.45, 2.75) is 13.8 Å². The van der Waals surface area contributed by atoms with Crippen molar-refractivity contribution in [2.24, 2.45) is 0 Å². The third-order valence-corrected chi connectivity index (χ3v) is 3.06. The Morgan fingerprint density at radius 1 is 1.18 bits per heavy atom. The molecule has 0 unspecified atom stereocenters. The van der Waals surface area contributed by atoms with Crippen LogP contribution in [0.3, 0.4) is 0 Å². The van der Waals surface area contributed by atoms with Gasteiger partial charge in [0.25, 0.3) is 5.91 Å². The molecule has 0 atom stereocenters. The lowest BCUT2D eigenvalue weighted by molar-refractivity contribution is -0.132. The van der Waals surface area contributed by atoms with Crippen molar-refractivity contribution in [3.05, 3.63) is 65.4 Å². The number of ketones is 1. The summed E-state index contributed by atoms with van der Waals surface area (Å²) in [6.45, 7) is 3.76. The Hall–Kier alpha value is -2.95. The Morgan fingerprint density at radius 2 is 1.95 bits per heavy atom. The number of carbonyl (C=O) groups is 2. The second-order valence-corrected chi connectivity index (χ2v) is 4.88. The van der Waals surface area contributed by atoms with Gasteiger partial charge >= 0.3 is 0 Å². The van der Waals surface area contributed by atoms with Crippen LogP contribution in [-0.4, -0.2) is 21.8 Å². The van der Waals surface area contributed by atoms with Gasteiger partial charge in [-0.05, 0) is 31.5 Å². The molecule has 2 rings (SSSR count). The summed E-state index contributed by atoms with van der Waals surface area (Å²) >= 11 is 0. The maximum Gasteiger partial charge on any atom is 0.297 e. The maximum atomic E-state index is 11.8. The number of pyridine rings is 1. The predicted molar refractivity (Wildman–Crippen MR) is 84.4 cm³/mol. The molecule has 0 aliphatic rings. The van der Waals surface area contributed by atoms with Crippen molar-refractivity contribution < 1.29 is 14.7 Å². The van der Waals surface area contributed by atoms with Gasteiger partial charge in [0.05, 0.1) is 0 Å². The third-order valence-electron chi connectivity index (χ3n) is 3.06. The Kier molecular flexibility index (Phi) is 4.68. The number of rotatable bonds is 4. The molecule has 2 aromatic rings. The number of carbonyl (C=O) groups excluding carboxylic acids is 2. The number of aromatic nitrogens is 1. The number of anilines is 1. The molecule has 0 aliphatic carbocycles. The second kappa shape index (κ2) is 6.67. The molecule has 1 heterocycles. The van der Waals surface area contributed by atoms with E-state index < -0.39 is 11.7 Å². The molecule has 5 heteroatoms. The molecular formula is C17H16N2O3. The summed E-state index contributed by atoms with van der Waals surface area (Å²) < 4.78 is 0. The second-order valence-electron chi connectivity index (χ2n) is 4.88. The SMILES string of the molecule is Cc1ccc(/C(O)=C/C(=O)C(=O)Nc2ccccn2)c(C)c1. The molecule has 0 saturated carbocycles. The summed E-state index contributed by atoms with van der Waals surface area (Å²) in [6, 6.07) is 10.4. The van der Waals surface area contributed by atoms with E-state index in [1.54, 1.807) is 24.3 Å². The number of hydrogen-bond acceptors (Lipinski definition) is 4. The van der Waals surface area contributed by atoms with Gasteiger partial charge < -0.3 is 10.4 Å². The Morgan fingerprint density at radius 3 is 2.59 bits per heavy atom. The molecule has 22 heavy (non-hydrogen) atoms. The molecule has 0 fully saturated rings. The van der Waals surface area contributed by atoms with Crippen molar-refractivity contribution in [2.75, 3.05) is 5.32 Å². The largest absolute Gasteiger partial charge is 0.507 e. The van der Waals surface area contributed by atoms with Crippen LogP contribution in [0.5, 0.6) is 0 Å². The van der Waals surface area contributed by atoms with Gasteiger partial charge in [0, 0.05) is 17.8 Å². The van der Waals surface area contributed by atoms with E-state index in [-0.39, 0.29) is 11.6 Å². The van der Waals surface area contributed by atoms with Crippen molar-refractivity contribution in [1.82, 2.24) is 4.98 Å². The van der Waals surface area contributed by atoms with E-state index in [0.29, 0.717) is 5.56 Å². The van der Waals surface area contributed by atoms with Gasteiger partial charge in [-0.3, -0.25) is 9.59 Å². The van der Waals surface area contributed by atoms with Crippen LogP contribution in [0, 0.1) is 13.8 Å². The summed E-state index contributed by atoms with van der Waals surface area (Å²) in [5.41, 5.74) is 2.39. The zero-order valence-electron chi connectivity index (χ0n) is 12.3. The quantitative estimate of drug-likeness (QED) is 0.516. The molecule has 1 aromatic carbocycles. The topological polar surface area (TPSA) is 79.3 Å². The highest BCUT2D eigenvalue weighted by molar-refractivity contribution is 6.45. The Balaban J connectivity index is 2.13. The van der Waals surface area contributed by atoms with Crippen LogP contribution in [0.15, 0.2) is 48.7 Å². The fourth-order valence-electron chi connectivity index (χ4n) is 1.98. The standard InChI is InChI=1S/C17H16N2O3/c1-11-6-7-13(12(2)9-11)14(20)10-15(21)17(22)19-16-5-3-4-8-18-16/h3-10,20H,1-2H3,(H,18,19,22)/b14-10-. The zero-order valence-corrected chi connectivity index (χ0v) is 12.3. The van der Waals surface area contributed by atoms with Gasteiger partial charge in [-0.2, -0.15) is 0 Å². The highest BCUT2D eigenvalue weighted by Crippen LogP contribution is 2.18. The molecule has 0 radical (unpaired) electrons. The normalized spacial score (nSPS) is 11.1. The Bertz CT molecular complexity index is 737. The lowest BCUT2D eigenvalue weighted by Gasteiger charge is -2.06. The molecule has 0 bridgehead atoms. The van der Waals surface area contributed by atoms with E-state index in [4.69, 9.17) is 0 Å². The van der Waals surface area contributed by atoms with Gasteiger partial charge in [0.2, 0.25) is 5.78 Å². The van der Waals surface area contributed by atoms with E-state index in [1.165, 1.54) is 6.20 Å². The number of aliphatic hydroxyl groups excluding tert-OH is 1. The number of amides is 1. The number of hydrogen-bond donors (Lipinski definition) is 2. The van der Waals surface area contributed by atoms with Crippen LogP contribution in [0.4, 0.5) is 5.82 Å². The van der Waals surface area contributed by atoms with E-state index in [2.05, 4.69) is 10.3 Å². The first-order valence-corrected chi connectivity index (χ1v) is 6.72. The van der Waals surface area contributed by atoms with Gasteiger partial charge in [-0.15, -0.1) is 0 Å².